The van der Waals surface area contributed by atoms with Crippen LogP contribution in [0.3, 0.4) is 0 Å². The number of ether oxygens (including phenoxy) is 1. The van der Waals surface area contributed by atoms with E-state index in [2.05, 4.69) is 5.32 Å². The summed E-state index contributed by atoms with van der Waals surface area (Å²) in [7, 11) is 0. The molecule has 1 N–H and O–H groups in total. The van der Waals surface area contributed by atoms with E-state index in [-0.39, 0.29) is 11.7 Å². The molecule has 0 unspecified atom stereocenters. The van der Waals surface area contributed by atoms with Gasteiger partial charge in [-0.15, -0.1) is 0 Å². The van der Waals surface area contributed by atoms with Gasteiger partial charge < -0.3 is 10.1 Å². The molecule has 0 spiro atoms. The van der Waals surface area contributed by atoms with E-state index in [1.807, 2.05) is 0 Å². The Morgan fingerprint density at radius 2 is 1.95 bits per heavy atom. The Morgan fingerprint density at radius 1 is 1.24 bits per heavy atom. The molecule has 110 valence electrons. The maximum Gasteiger partial charge on any atom is 0.265 e. The van der Waals surface area contributed by atoms with Gasteiger partial charge in [0.15, 0.2) is 17.7 Å². The summed E-state index contributed by atoms with van der Waals surface area (Å²) in [6, 6.07) is 11.2. The largest absolute Gasteiger partial charge is 0.478 e. The lowest BCUT2D eigenvalue weighted by Gasteiger charge is -2.16. The zero-order valence-corrected chi connectivity index (χ0v) is 12.4. The van der Waals surface area contributed by atoms with E-state index < -0.39 is 11.9 Å². The van der Waals surface area contributed by atoms with Crippen LogP contribution in [0.1, 0.15) is 12.5 Å². The zero-order valence-electron chi connectivity index (χ0n) is 11.7. The second-order valence-electron chi connectivity index (χ2n) is 4.59. The Morgan fingerprint density at radius 3 is 2.67 bits per heavy atom. The number of carbonyl (C=O) groups is 1. The Balaban J connectivity index is 2.06. The van der Waals surface area contributed by atoms with Gasteiger partial charge >= 0.3 is 0 Å². The van der Waals surface area contributed by atoms with Gasteiger partial charge in [-0.1, -0.05) is 29.8 Å². The maximum absolute atomic E-state index is 13.5. The standard InChI is InChI=1S/C16H15ClFNO2/c1-10-12(17)6-5-8-14(10)19-16(20)11(2)21-15-9-4-3-7-13(15)18/h3-9,11H,1-2H3,(H,19,20)/t11-/m1/s1. The first-order chi connectivity index (χ1) is 9.99. The summed E-state index contributed by atoms with van der Waals surface area (Å²) >= 11 is 6.00. The molecule has 0 bridgehead atoms. The fourth-order valence-electron chi connectivity index (χ4n) is 1.76. The minimum atomic E-state index is -0.833. The third kappa shape index (κ3) is 3.73. The number of amides is 1. The first kappa shape index (κ1) is 15.3. The summed E-state index contributed by atoms with van der Waals surface area (Å²) < 4.78 is 18.8. The van der Waals surface area contributed by atoms with Crippen molar-refractivity contribution in [3.05, 3.63) is 58.9 Å². The lowest BCUT2D eigenvalue weighted by Crippen LogP contribution is -2.30. The van der Waals surface area contributed by atoms with Crippen molar-refractivity contribution in [1.82, 2.24) is 0 Å². The molecular formula is C16H15ClFNO2. The fraction of sp³-hybridized carbons (Fsp3) is 0.188. The number of halogens is 2. The van der Waals surface area contributed by atoms with Gasteiger partial charge in [-0.05, 0) is 43.7 Å². The molecule has 0 aromatic heterocycles. The zero-order chi connectivity index (χ0) is 15.4. The van der Waals surface area contributed by atoms with Crippen LogP contribution in [0.25, 0.3) is 0 Å². The number of hydrogen-bond donors (Lipinski definition) is 1. The lowest BCUT2D eigenvalue weighted by atomic mass is 10.2. The summed E-state index contributed by atoms with van der Waals surface area (Å²) in [6.07, 6.45) is -0.833. The van der Waals surface area contributed by atoms with Crippen molar-refractivity contribution in [1.29, 1.82) is 0 Å². The van der Waals surface area contributed by atoms with E-state index in [9.17, 15) is 9.18 Å². The molecule has 0 aliphatic rings. The monoisotopic (exact) mass is 307 g/mol. The summed E-state index contributed by atoms with van der Waals surface area (Å²) in [5.41, 5.74) is 1.38. The van der Waals surface area contributed by atoms with E-state index in [0.717, 1.165) is 5.56 Å². The predicted octanol–water partition coefficient (Wildman–Crippen LogP) is 4.19. The van der Waals surface area contributed by atoms with Crippen LogP contribution in [-0.4, -0.2) is 12.0 Å². The lowest BCUT2D eigenvalue weighted by molar-refractivity contribution is -0.122. The van der Waals surface area contributed by atoms with Crippen molar-refractivity contribution in [2.24, 2.45) is 0 Å². The quantitative estimate of drug-likeness (QED) is 0.919. The van der Waals surface area contributed by atoms with Gasteiger partial charge in [-0.25, -0.2) is 4.39 Å². The Kier molecular flexibility index (Phi) is 4.81. The first-order valence-corrected chi connectivity index (χ1v) is 6.84. The molecule has 0 heterocycles. The van der Waals surface area contributed by atoms with Gasteiger partial charge in [0.2, 0.25) is 0 Å². The molecule has 21 heavy (non-hydrogen) atoms. The molecule has 0 saturated carbocycles. The average molecular weight is 308 g/mol. The van der Waals surface area contributed by atoms with Crippen molar-refractivity contribution in [2.75, 3.05) is 5.32 Å². The summed E-state index contributed by atoms with van der Waals surface area (Å²) in [4.78, 5) is 12.1. The highest BCUT2D eigenvalue weighted by Crippen LogP contribution is 2.23. The Labute approximate surface area is 127 Å². The van der Waals surface area contributed by atoms with Gasteiger partial charge in [0.1, 0.15) is 0 Å². The summed E-state index contributed by atoms with van der Waals surface area (Å²) in [6.45, 7) is 3.36. The van der Waals surface area contributed by atoms with E-state index in [1.54, 1.807) is 44.2 Å². The third-order valence-electron chi connectivity index (χ3n) is 3.04. The van der Waals surface area contributed by atoms with Gasteiger partial charge in [0.05, 0.1) is 0 Å². The van der Waals surface area contributed by atoms with E-state index in [4.69, 9.17) is 16.3 Å². The van der Waals surface area contributed by atoms with Crippen molar-refractivity contribution >= 4 is 23.2 Å². The van der Waals surface area contributed by atoms with Gasteiger partial charge in [0.25, 0.3) is 5.91 Å². The van der Waals surface area contributed by atoms with Crippen molar-refractivity contribution in [3.8, 4) is 5.75 Å². The highest BCUT2D eigenvalue weighted by atomic mass is 35.5. The first-order valence-electron chi connectivity index (χ1n) is 6.46. The molecule has 0 fully saturated rings. The number of anilines is 1. The Hall–Kier alpha value is -2.07. The van der Waals surface area contributed by atoms with Crippen LogP contribution in [0.15, 0.2) is 42.5 Å². The minimum absolute atomic E-state index is 0.0444. The smallest absolute Gasteiger partial charge is 0.265 e. The van der Waals surface area contributed by atoms with E-state index >= 15 is 0 Å². The predicted molar refractivity (Wildman–Crippen MR) is 81.3 cm³/mol. The van der Waals surface area contributed by atoms with Crippen LogP contribution in [0, 0.1) is 12.7 Å². The Bertz CT molecular complexity index is 660. The minimum Gasteiger partial charge on any atom is -0.478 e. The summed E-state index contributed by atoms with van der Waals surface area (Å²) in [5.74, 6) is -0.831. The van der Waals surface area contributed by atoms with Crippen LogP contribution in [0.5, 0.6) is 5.75 Å². The average Bonchev–Trinajstić information content (AvgIpc) is 2.46. The molecule has 2 aromatic carbocycles. The second kappa shape index (κ2) is 6.59. The van der Waals surface area contributed by atoms with Crippen LogP contribution in [0.4, 0.5) is 10.1 Å². The molecule has 3 nitrogen and oxygen atoms in total. The van der Waals surface area contributed by atoms with Crippen LogP contribution < -0.4 is 10.1 Å². The van der Waals surface area contributed by atoms with Crippen molar-refractivity contribution < 1.29 is 13.9 Å². The van der Waals surface area contributed by atoms with Crippen LogP contribution in [0.2, 0.25) is 5.02 Å². The van der Waals surface area contributed by atoms with Crippen LogP contribution in [-0.2, 0) is 4.79 Å². The molecule has 2 aromatic rings. The number of rotatable bonds is 4. The van der Waals surface area contributed by atoms with E-state index in [1.165, 1.54) is 12.1 Å². The molecule has 1 amide bonds. The molecular weight excluding hydrogens is 293 g/mol. The molecule has 0 saturated heterocycles. The number of para-hydroxylation sites is 1. The highest BCUT2D eigenvalue weighted by molar-refractivity contribution is 6.31. The van der Waals surface area contributed by atoms with Gasteiger partial charge in [-0.3, -0.25) is 4.79 Å². The SMILES string of the molecule is Cc1c(Cl)cccc1NC(=O)[C@@H](C)Oc1ccccc1F. The topological polar surface area (TPSA) is 38.3 Å². The van der Waals surface area contributed by atoms with Gasteiger partial charge in [-0.2, -0.15) is 0 Å². The molecule has 1 atom stereocenters. The molecule has 0 aliphatic heterocycles. The summed E-state index contributed by atoms with van der Waals surface area (Å²) in [5, 5.41) is 3.28. The molecule has 2 rings (SSSR count). The number of carbonyl (C=O) groups excluding carboxylic acids is 1. The van der Waals surface area contributed by atoms with Crippen molar-refractivity contribution in [3.63, 3.8) is 0 Å². The van der Waals surface area contributed by atoms with Crippen LogP contribution >= 0.6 is 11.6 Å². The normalized spacial score (nSPS) is 11.8. The maximum atomic E-state index is 13.5. The van der Waals surface area contributed by atoms with Crippen molar-refractivity contribution in [2.45, 2.75) is 20.0 Å². The molecule has 0 aliphatic carbocycles. The fourth-order valence-corrected chi connectivity index (χ4v) is 1.94. The highest BCUT2D eigenvalue weighted by Gasteiger charge is 2.17. The number of hydrogen-bond acceptors (Lipinski definition) is 2. The van der Waals surface area contributed by atoms with E-state index in [0.29, 0.717) is 10.7 Å². The van der Waals surface area contributed by atoms with Gasteiger partial charge in [0, 0.05) is 10.7 Å². The molecule has 5 heteroatoms. The second-order valence-corrected chi connectivity index (χ2v) is 5.00. The number of benzene rings is 2. The number of nitrogens with one attached hydrogen (secondary N) is 1. The third-order valence-corrected chi connectivity index (χ3v) is 3.44. The molecule has 0 radical (unpaired) electrons.